The number of para-hydroxylation sites is 1. The molecule has 0 bridgehead atoms. The highest BCUT2D eigenvalue weighted by molar-refractivity contribution is 6.06. The lowest BCUT2D eigenvalue weighted by Gasteiger charge is -2.40. The minimum atomic E-state index is -0.102. The molecule has 40 heavy (non-hydrogen) atoms. The molecule has 0 unspecified atom stereocenters. The topological polar surface area (TPSA) is 15.7 Å². The van der Waals surface area contributed by atoms with Gasteiger partial charge in [-0.2, -0.15) is 0 Å². The van der Waals surface area contributed by atoms with Gasteiger partial charge >= 0.3 is 0 Å². The quantitative estimate of drug-likeness (QED) is 0.215. The minimum Gasteiger partial charge on any atom is -0.452 e. The molecule has 2 aliphatic rings. The predicted octanol–water partition coefficient (Wildman–Crippen LogP) is 9.94. The number of fused-ring (bicyclic) bond motifs is 8. The van der Waals surface area contributed by atoms with Crippen molar-refractivity contribution in [2.45, 2.75) is 19.3 Å². The van der Waals surface area contributed by atoms with Gasteiger partial charge in [-0.15, -0.1) is 0 Å². The highest BCUT2D eigenvalue weighted by Crippen LogP contribution is 2.53. The Hall–Kier alpha value is -4.76. The summed E-state index contributed by atoms with van der Waals surface area (Å²) in [6.45, 7) is 4.68. The number of ether oxygens (including phenoxy) is 1. The zero-order valence-electron chi connectivity index (χ0n) is 23.2. The van der Waals surface area contributed by atoms with E-state index in [1.165, 1.54) is 44.4 Å². The fourth-order valence-corrected chi connectivity index (χ4v) is 6.84. The SMILES string of the molecule is CN1c2ccccc2C(C)(C)c2cc(-c3cccc4c5c(ccc34)N(C)c3ccc4ccccc4c3O5)ccc21. The maximum Gasteiger partial charge on any atom is 0.159 e. The van der Waals surface area contributed by atoms with E-state index in [2.05, 4.69) is 147 Å². The van der Waals surface area contributed by atoms with Crippen molar-refractivity contribution in [3.8, 4) is 22.6 Å². The molecule has 0 N–H and O–H groups in total. The van der Waals surface area contributed by atoms with Gasteiger partial charge in [0, 0.05) is 41.7 Å². The molecular weight excluding hydrogens is 488 g/mol. The van der Waals surface area contributed by atoms with E-state index in [0.717, 1.165) is 33.6 Å². The van der Waals surface area contributed by atoms with Crippen molar-refractivity contribution in [3.05, 3.63) is 120 Å². The maximum absolute atomic E-state index is 6.79. The first kappa shape index (κ1) is 23.2. The van der Waals surface area contributed by atoms with Gasteiger partial charge < -0.3 is 14.5 Å². The predicted molar refractivity (Wildman–Crippen MR) is 168 cm³/mol. The van der Waals surface area contributed by atoms with Gasteiger partial charge in [0.1, 0.15) is 0 Å². The zero-order valence-corrected chi connectivity index (χ0v) is 23.2. The number of benzene rings is 6. The Balaban J connectivity index is 1.30. The van der Waals surface area contributed by atoms with Crippen molar-refractivity contribution in [3.63, 3.8) is 0 Å². The minimum absolute atomic E-state index is 0.102. The number of hydrogen-bond acceptors (Lipinski definition) is 3. The van der Waals surface area contributed by atoms with Crippen LogP contribution in [0.15, 0.2) is 109 Å². The van der Waals surface area contributed by atoms with Crippen LogP contribution in [0.3, 0.4) is 0 Å². The van der Waals surface area contributed by atoms with Crippen LogP contribution < -0.4 is 14.5 Å². The van der Waals surface area contributed by atoms with Gasteiger partial charge in [0.05, 0.1) is 11.4 Å². The molecule has 3 nitrogen and oxygen atoms in total. The van der Waals surface area contributed by atoms with Crippen molar-refractivity contribution in [1.29, 1.82) is 0 Å². The van der Waals surface area contributed by atoms with Crippen LogP contribution in [0.1, 0.15) is 25.0 Å². The van der Waals surface area contributed by atoms with Crippen molar-refractivity contribution >= 4 is 44.3 Å². The summed E-state index contributed by atoms with van der Waals surface area (Å²) in [4.78, 5) is 4.58. The summed E-state index contributed by atoms with van der Waals surface area (Å²) in [6, 6.07) is 39.5. The average molecular weight is 519 g/mol. The highest BCUT2D eigenvalue weighted by Gasteiger charge is 2.35. The van der Waals surface area contributed by atoms with Gasteiger partial charge in [0.25, 0.3) is 0 Å². The van der Waals surface area contributed by atoms with Crippen LogP contribution >= 0.6 is 0 Å². The van der Waals surface area contributed by atoms with Gasteiger partial charge in [0.2, 0.25) is 0 Å². The van der Waals surface area contributed by atoms with Crippen molar-refractivity contribution in [2.24, 2.45) is 0 Å². The Morgan fingerprint density at radius 1 is 0.525 bits per heavy atom. The second-order valence-corrected chi connectivity index (χ2v) is 11.5. The molecule has 0 aliphatic carbocycles. The van der Waals surface area contributed by atoms with Gasteiger partial charge in [0.15, 0.2) is 11.5 Å². The van der Waals surface area contributed by atoms with Crippen LogP contribution in [0.5, 0.6) is 11.5 Å². The first-order chi connectivity index (χ1) is 19.4. The van der Waals surface area contributed by atoms with E-state index in [0.29, 0.717) is 0 Å². The first-order valence-corrected chi connectivity index (χ1v) is 13.9. The Kier molecular flexibility index (Phi) is 4.70. The van der Waals surface area contributed by atoms with E-state index in [-0.39, 0.29) is 5.41 Å². The summed E-state index contributed by atoms with van der Waals surface area (Å²) < 4.78 is 6.79. The third-order valence-corrected chi connectivity index (χ3v) is 9.06. The summed E-state index contributed by atoms with van der Waals surface area (Å²) >= 11 is 0. The van der Waals surface area contributed by atoms with Crippen LogP contribution in [0.4, 0.5) is 22.7 Å². The molecule has 2 heterocycles. The molecule has 0 spiro atoms. The Morgan fingerprint density at radius 3 is 2.05 bits per heavy atom. The molecule has 3 heteroatoms. The van der Waals surface area contributed by atoms with Gasteiger partial charge in [-0.1, -0.05) is 92.7 Å². The average Bonchev–Trinajstić information content (AvgIpc) is 2.99. The molecule has 0 atom stereocenters. The Morgan fingerprint density at radius 2 is 1.18 bits per heavy atom. The van der Waals surface area contributed by atoms with E-state index in [4.69, 9.17) is 4.74 Å². The summed E-state index contributed by atoms with van der Waals surface area (Å²) in [7, 11) is 4.30. The molecule has 6 aromatic rings. The number of rotatable bonds is 1. The van der Waals surface area contributed by atoms with Crippen molar-refractivity contribution in [2.75, 3.05) is 23.9 Å². The van der Waals surface area contributed by atoms with Gasteiger partial charge in [-0.05, 0) is 63.4 Å². The second kappa shape index (κ2) is 8.12. The largest absolute Gasteiger partial charge is 0.452 e. The van der Waals surface area contributed by atoms with E-state index in [1.807, 2.05) is 0 Å². The normalized spacial score (nSPS) is 14.8. The number of anilines is 4. The Labute approximate surface area is 234 Å². The lowest BCUT2D eigenvalue weighted by Crippen LogP contribution is -2.30. The smallest absolute Gasteiger partial charge is 0.159 e. The molecule has 0 saturated heterocycles. The van der Waals surface area contributed by atoms with Crippen LogP contribution in [0, 0.1) is 0 Å². The second-order valence-electron chi connectivity index (χ2n) is 11.5. The molecular formula is C37H30N2O. The standard InChI is InChI=1S/C37H30N2O/c1-37(2)29-14-7-8-15-31(29)38(3)32-19-17-24(22-30(32)37)25-12-9-13-28-27(25)18-21-34-36(28)40-35-26-11-6-5-10-23(26)16-20-33(35)39(34)4/h5-22H,1-4H3. The molecule has 0 aromatic heterocycles. The molecule has 0 fully saturated rings. The third kappa shape index (κ3) is 3.06. The molecule has 0 saturated carbocycles. The maximum atomic E-state index is 6.79. The van der Waals surface area contributed by atoms with Crippen LogP contribution in [0.2, 0.25) is 0 Å². The van der Waals surface area contributed by atoms with E-state index >= 15 is 0 Å². The molecule has 0 radical (unpaired) electrons. The van der Waals surface area contributed by atoms with E-state index in [1.54, 1.807) is 0 Å². The van der Waals surface area contributed by atoms with Crippen molar-refractivity contribution < 1.29 is 4.74 Å². The van der Waals surface area contributed by atoms with E-state index < -0.39 is 0 Å². The highest BCUT2D eigenvalue weighted by atomic mass is 16.5. The first-order valence-electron chi connectivity index (χ1n) is 13.9. The summed E-state index contributed by atoms with van der Waals surface area (Å²) in [5.74, 6) is 1.83. The summed E-state index contributed by atoms with van der Waals surface area (Å²) in [5.41, 5.74) is 9.75. The van der Waals surface area contributed by atoms with Crippen molar-refractivity contribution in [1.82, 2.24) is 0 Å². The monoisotopic (exact) mass is 518 g/mol. The van der Waals surface area contributed by atoms with E-state index in [9.17, 15) is 0 Å². The number of nitrogens with zero attached hydrogens (tertiary/aromatic N) is 2. The van der Waals surface area contributed by atoms with Gasteiger partial charge in [-0.3, -0.25) is 0 Å². The van der Waals surface area contributed by atoms with Gasteiger partial charge in [-0.25, -0.2) is 0 Å². The van der Waals surface area contributed by atoms with Crippen LogP contribution in [-0.2, 0) is 5.41 Å². The molecule has 0 amide bonds. The molecule has 194 valence electrons. The van der Waals surface area contributed by atoms with Crippen LogP contribution in [0.25, 0.3) is 32.7 Å². The summed E-state index contributed by atoms with van der Waals surface area (Å²) in [5, 5.41) is 4.63. The summed E-state index contributed by atoms with van der Waals surface area (Å²) in [6.07, 6.45) is 0. The third-order valence-electron chi connectivity index (χ3n) is 9.06. The molecule has 8 rings (SSSR count). The molecule has 2 aliphatic heterocycles. The van der Waals surface area contributed by atoms with Crippen LogP contribution in [-0.4, -0.2) is 14.1 Å². The lowest BCUT2D eigenvalue weighted by molar-refractivity contribution is 0.487. The lowest BCUT2D eigenvalue weighted by atomic mass is 9.73. The Bertz CT molecular complexity index is 2000. The molecule has 6 aromatic carbocycles. The fourth-order valence-electron chi connectivity index (χ4n) is 6.84. The fraction of sp³-hybridized carbons (Fsp3) is 0.135. The zero-order chi connectivity index (χ0) is 27.2. The number of hydrogen-bond donors (Lipinski definition) is 0.